The summed E-state index contributed by atoms with van der Waals surface area (Å²) in [4.78, 5) is 19.1. The molecule has 120 valence electrons. The fourth-order valence-electron chi connectivity index (χ4n) is 2.26. The lowest BCUT2D eigenvalue weighted by Gasteiger charge is -2.18. The zero-order valence-electron chi connectivity index (χ0n) is 12.9. The van der Waals surface area contributed by atoms with E-state index in [0.29, 0.717) is 17.2 Å². The second kappa shape index (κ2) is 7.55. The molecule has 3 aromatic rings. The van der Waals surface area contributed by atoms with Gasteiger partial charge in [0.05, 0.1) is 5.69 Å². The Bertz CT molecular complexity index is 843. The molecular formula is C19H15BrN2OS. The lowest BCUT2D eigenvalue weighted by atomic mass is 10.2. The maximum absolute atomic E-state index is 12.8. The average molecular weight is 399 g/mol. The van der Waals surface area contributed by atoms with Gasteiger partial charge in [-0.2, -0.15) is 0 Å². The second-order valence-electron chi connectivity index (χ2n) is 5.09. The van der Waals surface area contributed by atoms with Crippen LogP contribution in [0.15, 0.2) is 77.1 Å². The van der Waals surface area contributed by atoms with Crippen LogP contribution in [0.3, 0.4) is 0 Å². The molecule has 0 radical (unpaired) electrons. The number of hydrogen-bond acceptors (Lipinski definition) is 3. The highest BCUT2D eigenvalue weighted by Gasteiger charge is 2.20. The Balaban J connectivity index is 1.91. The van der Waals surface area contributed by atoms with Gasteiger partial charge in [-0.05, 0) is 24.3 Å². The van der Waals surface area contributed by atoms with Gasteiger partial charge >= 0.3 is 0 Å². The van der Waals surface area contributed by atoms with Crippen molar-refractivity contribution in [2.75, 3.05) is 11.4 Å². The van der Waals surface area contributed by atoms with Crippen molar-refractivity contribution >= 4 is 38.3 Å². The Hall–Kier alpha value is -2.24. The Morgan fingerprint density at radius 2 is 1.88 bits per heavy atom. The molecule has 0 atom stereocenters. The van der Waals surface area contributed by atoms with Crippen molar-refractivity contribution in [2.24, 2.45) is 0 Å². The van der Waals surface area contributed by atoms with Crippen molar-refractivity contribution in [3.8, 4) is 11.3 Å². The lowest BCUT2D eigenvalue weighted by Crippen LogP contribution is -2.30. The number of amides is 1. The summed E-state index contributed by atoms with van der Waals surface area (Å²) in [6.45, 7) is 4.17. The van der Waals surface area contributed by atoms with Crippen LogP contribution >= 0.6 is 27.3 Å². The fraction of sp³-hybridized carbons (Fsp3) is 0.0526. The van der Waals surface area contributed by atoms with Crippen molar-refractivity contribution in [2.45, 2.75) is 0 Å². The zero-order valence-corrected chi connectivity index (χ0v) is 15.3. The first-order valence-electron chi connectivity index (χ1n) is 7.38. The van der Waals surface area contributed by atoms with E-state index < -0.39 is 0 Å². The zero-order chi connectivity index (χ0) is 16.9. The number of carbonyl (C=O) groups excluding carboxylic acids is 1. The molecule has 0 aliphatic heterocycles. The van der Waals surface area contributed by atoms with Gasteiger partial charge in [0.15, 0.2) is 5.13 Å². The molecule has 0 spiro atoms. The summed E-state index contributed by atoms with van der Waals surface area (Å²) in [5, 5.41) is 2.64. The molecule has 0 saturated carbocycles. The molecule has 5 heteroatoms. The highest BCUT2D eigenvalue weighted by Crippen LogP contribution is 2.28. The number of benzene rings is 2. The minimum absolute atomic E-state index is 0.0867. The minimum atomic E-state index is -0.0867. The summed E-state index contributed by atoms with van der Waals surface area (Å²) in [6.07, 6.45) is 1.71. The molecule has 0 aliphatic rings. The van der Waals surface area contributed by atoms with E-state index >= 15 is 0 Å². The van der Waals surface area contributed by atoms with Gasteiger partial charge in [-0.1, -0.05) is 52.3 Å². The molecule has 0 aliphatic carbocycles. The van der Waals surface area contributed by atoms with Gasteiger partial charge in [-0.3, -0.25) is 9.69 Å². The minimum Gasteiger partial charge on any atom is -0.280 e. The van der Waals surface area contributed by atoms with E-state index in [4.69, 9.17) is 0 Å². The van der Waals surface area contributed by atoms with Gasteiger partial charge in [0.1, 0.15) is 0 Å². The molecule has 1 amide bonds. The SMILES string of the molecule is C=CCN(C(=O)c1ccc(Br)cc1)c1nc(-c2ccccc2)cs1. The van der Waals surface area contributed by atoms with Crippen LogP contribution in [0, 0.1) is 0 Å². The van der Waals surface area contributed by atoms with E-state index in [9.17, 15) is 4.79 Å². The van der Waals surface area contributed by atoms with Crippen LogP contribution in [0.5, 0.6) is 0 Å². The highest BCUT2D eigenvalue weighted by molar-refractivity contribution is 9.10. The maximum atomic E-state index is 12.8. The predicted molar refractivity (Wildman–Crippen MR) is 104 cm³/mol. The third-order valence-electron chi connectivity index (χ3n) is 3.44. The summed E-state index contributed by atoms with van der Waals surface area (Å²) >= 11 is 4.84. The Morgan fingerprint density at radius 3 is 2.54 bits per heavy atom. The largest absolute Gasteiger partial charge is 0.280 e. The molecule has 3 nitrogen and oxygen atoms in total. The smallest absolute Gasteiger partial charge is 0.260 e. The number of anilines is 1. The third kappa shape index (κ3) is 3.63. The molecule has 2 aromatic carbocycles. The first-order valence-corrected chi connectivity index (χ1v) is 9.05. The molecule has 1 aromatic heterocycles. The highest BCUT2D eigenvalue weighted by atomic mass is 79.9. The summed E-state index contributed by atoms with van der Waals surface area (Å²) < 4.78 is 0.940. The van der Waals surface area contributed by atoms with Crippen molar-refractivity contribution < 1.29 is 4.79 Å². The molecule has 0 saturated heterocycles. The van der Waals surface area contributed by atoms with Gasteiger partial charge < -0.3 is 0 Å². The van der Waals surface area contributed by atoms with Crippen molar-refractivity contribution in [3.63, 3.8) is 0 Å². The maximum Gasteiger partial charge on any atom is 0.260 e. The summed E-state index contributed by atoms with van der Waals surface area (Å²) in [7, 11) is 0. The number of aromatic nitrogens is 1. The van der Waals surface area contributed by atoms with Gasteiger partial charge in [-0.25, -0.2) is 4.98 Å². The van der Waals surface area contributed by atoms with Crippen LogP contribution in [0.25, 0.3) is 11.3 Å². The normalized spacial score (nSPS) is 10.4. The molecule has 0 fully saturated rings. The quantitative estimate of drug-likeness (QED) is 0.538. The van der Waals surface area contributed by atoms with Crippen molar-refractivity contribution in [1.29, 1.82) is 0 Å². The van der Waals surface area contributed by atoms with E-state index in [1.165, 1.54) is 11.3 Å². The van der Waals surface area contributed by atoms with Crippen LogP contribution in [0.1, 0.15) is 10.4 Å². The van der Waals surface area contributed by atoms with E-state index in [2.05, 4.69) is 27.5 Å². The standard InChI is InChI=1S/C19H15BrN2OS/c1-2-12-22(18(23)15-8-10-16(20)11-9-15)19-21-17(13-24-19)14-6-4-3-5-7-14/h2-11,13H,1,12H2. The van der Waals surface area contributed by atoms with Gasteiger partial charge in [0, 0.05) is 27.5 Å². The van der Waals surface area contributed by atoms with Crippen molar-refractivity contribution in [3.05, 3.63) is 82.7 Å². The number of hydrogen-bond donors (Lipinski definition) is 0. The van der Waals surface area contributed by atoms with E-state index in [1.54, 1.807) is 23.1 Å². The van der Waals surface area contributed by atoms with Gasteiger partial charge in [0.25, 0.3) is 5.91 Å². The summed E-state index contributed by atoms with van der Waals surface area (Å²) in [5.74, 6) is -0.0867. The van der Waals surface area contributed by atoms with E-state index in [-0.39, 0.29) is 5.91 Å². The molecule has 3 rings (SSSR count). The monoisotopic (exact) mass is 398 g/mol. The van der Waals surface area contributed by atoms with Gasteiger partial charge in [-0.15, -0.1) is 17.9 Å². The average Bonchev–Trinajstić information content (AvgIpc) is 3.10. The number of halogens is 1. The van der Waals surface area contributed by atoms with Crippen LogP contribution < -0.4 is 4.90 Å². The topological polar surface area (TPSA) is 33.2 Å². The van der Waals surface area contributed by atoms with Crippen LogP contribution in [0.4, 0.5) is 5.13 Å². The summed E-state index contributed by atoms with van der Waals surface area (Å²) in [5.41, 5.74) is 2.53. The Kier molecular flexibility index (Phi) is 5.23. The molecule has 0 bridgehead atoms. The van der Waals surface area contributed by atoms with Gasteiger partial charge in [0.2, 0.25) is 0 Å². The van der Waals surface area contributed by atoms with Crippen LogP contribution in [-0.2, 0) is 0 Å². The van der Waals surface area contributed by atoms with E-state index in [1.807, 2.05) is 47.8 Å². The van der Waals surface area contributed by atoms with Crippen LogP contribution in [0.2, 0.25) is 0 Å². The first kappa shape index (κ1) is 16.6. The number of nitrogens with zero attached hydrogens (tertiary/aromatic N) is 2. The number of thiazole rings is 1. The predicted octanol–water partition coefficient (Wildman–Crippen LogP) is 5.41. The Morgan fingerprint density at radius 1 is 1.17 bits per heavy atom. The first-order chi connectivity index (χ1) is 11.7. The van der Waals surface area contributed by atoms with Crippen molar-refractivity contribution in [1.82, 2.24) is 4.98 Å². The lowest BCUT2D eigenvalue weighted by molar-refractivity contribution is 0.0989. The Labute approximate surface area is 153 Å². The molecule has 1 heterocycles. The number of rotatable bonds is 5. The molecule has 24 heavy (non-hydrogen) atoms. The third-order valence-corrected chi connectivity index (χ3v) is 4.83. The molecular weight excluding hydrogens is 384 g/mol. The van der Waals surface area contributed by atoms with Crippen LogP contribution in [-0.4, -0.2) is 17.4 Å². The second-order valence-corrected chi connectivity index (χ2v) is 6.84. The number of carbonyl (C=O) groups is 1. The van der Waals surface area contributed by atoms with E-state index in [0.717, 1.165) is 15.7 Å². The summed E-state index contributed by atoms with van der Waals surface area (Å²) in [6, 6.07) is 17.2. The fourth-order valence-corrected chi connectivity index (χ4v) is 3.36. The molecule has 0 N–H and O–H groups in total. The molecule has 0 unspecified atom stereocenters.